The molecule has 30 heavy (non-hydrogen) atoms. The first-order valence-electron chi connectivity index (χ1n) is 8.92. The zero-order valence-corrected chi connectivity index (χ0v) is 17.1. The van der Waals surface area contributed by atoms with Gasteiger partial charge in [0.1, 0.15) is 16.5 Å². The van der Waals surface area contributed by atoms with Crippen LogP contribution in [-0.4, -0.2) is 19.7 Å². The number of hydrogen-bond acceptors (Lipinski definition) is 6. The molecule has 150 valence electrons. The highest BCUT2D eigenvalue weighted by Gasteiger charge is 2.15. The van der Waals surface area contributed by atoms with E-state index in [0.29, 0.717) is 22.4 Å². The molecule has 0 saturated heterocycles. The Labute approximate surface area is 181 Å². The number of thioether (sulfide) groups is 1. The van der Waals surface area contributed by atoms with Crippen molar-refractivity contribution in [1.29, 1.82) is 0 Å². The quantitative estimate of drug-likeness (QED) is 0.206. The highest BCUT2D eigenvalue weighted by Crippen LogP contribution is 2.26. The van der Waals surface area contributed by atoms with Gasteiger partial charge in [-0.3, -0.25) is 14.7 Å². The van der Waals surface area contributed by atoms with Crippen LogP contribution in [0.1, 0.15) is 17.1 Å². The van der Waals surface area contributed by atoms with E-state index in [1.165, 1.54) is 17.8 Å². The van der Waals surface area contributed by atoms with Crippen LogP contribution in [0.2, 0.25) is 5.02 Å². The molecule has 0 unspecified atom stereocenters. The minimum absolute atomic E-state index is 0.297. The Bertz CT molecular complexity index is 1190. The number of aromatic nitrogens is 3. The second-order valence-corrected chi connectivity index (χ2v) is 7.54. The molecule has 0 radical (unpaired) electrons. The molecule has 0 saturated carbocycles. The third-order valence-electron chi connectivity index (χ3n) is 4.19. The second kappa shape index (κ2) is 8.98. The van der Waals surface area contributed by atoms with E-state index in [1.54, 1.807) is 17.6 Å². The van der Waals surface area contributed by atoms with Gasteiger partial charge in [-0.05, 0) is 47.4 Å². The molecule has 0 N–H and O–H groups in total. The van der Waals surface area contributed by atoms with E-state index in [0.717, 1.165) is 17.1 Å². The van der Waals surface area contributed by atoms with E-state index in [9.17, 15) is 10.1 Å². The van der Waals surface area contributed by atoms with Gasteiger partial charge in [0.05, 0.1) is 6.07 Å². The zero-order valence-electron chi connectivity index (χ0n) is 15.5. The number of halogens is 1. The zero-order chi connectivity index (χ0) is 20.9. The van der Waals surface area contributed by atoms with Crippen LogP contribution in [-0.2, 0) is 6.42 Å². The van der Waals surface area contributed by atoms with Crippen molar-refractivity contribution in [3.05, 3.63) is 104 Å². The summed E-state index contributed by atoms with van der Waals surface area (Å²) in [5.41, 5.74) is 2.01. The summed E-state index contributed by atoms with van der Waals surface area (Å²) in [6, 6.07) is 20.3. The Morgan fingerprint density at radius 2 is 1.83 bits per heavy atom. The Morgan fingerprint density at radius 3 is 2.53 bits per heavy atom. The van der Waals surface area contributed by atoms with Crippen LogP contribution >= 0.6 is 23.4 Å². The maximum atomic E-state index is 10.7. The van der Waals surface area contributed by atoms with E-state index in [4.69, 9.17) is 16.0 Å². The Hall–Kier alpha value is -3.36. The highest BCUT2D eigenvalue weighted by atomic mass is 35.5. The summed E-state index contributed by atoms with van der Waals surface area (Å²) in [5, 5.41) is 22.5. The number of nitro groups is 1. The van der Waals surface area contributed by atoms with Crippen molar-refractivity contribution in [1.82, 2.24) is 14.8 Å². The summed E-state index contributed by atoms with van der Waals surface area (Å²) in [5.74, 6) is 0.874. The van der Waals surface area contributed by atoms with Gasteiger partial charge in [0.25, 0.3) is 0 Å². The maximum absolute atomic E-state index is 10.7. The standard InChI is InChI=1S/C21H15ClN4O3S/c22-16-6-8-17(9-7-16)25-19(14-15-4-2-1-3-5-15)23-24-21(25)30-13-12-18-10-11-20(29-18)26(27)28/h1-13H,14H2/b13-12+. The Balaban J connectivity index is 1.62. The fourth-order valence-electron chi connectivity index (χ4n) is 2.81. The van der Waals surface area contributed by atoms with Crippen molar-refractivity contribution in [2.45, 2.75) is 11.6 Å². The van der Waals surface area contributed by atoms with Crippen LogP contribution in [0.15, 0.2) is 81.7 Å². The summed E-state index contributed by atoms with van der Waals surface area (Å²) in [6.45, 7) is 0. The molecular weight excluding hydrogens is 424 g/mol. The minimum atomic E-state index is -0.572. The van der Waals surface area contributed by atoms with Gasteiger partial charge in [-0.1, -0.05) is 53.7 Å². The summed E-state index contributed by atoms with van der Waals surface area (Å²) >= 11 is 7.38. The Kier molecular flexibility index (Phi) is 5.97. The first-order valence-corrected chi connectivity index (χ1v) is 10.2. The van der Waals surface area contributed by atoms with Crippen LogP contribution in [0.5, 0.6) is 0 Å². The van der Waals surface area contributed by atoms with Crippen LogP contribution in [0.3, 0.4) is 0 Å². The lowest BCUT2D eigenvalue weighted by atomic mass is 10.1. The lowest BCUT2D eigenvalue weighted by Crippen LogP contribution is -2.03. The van der Waals surface area contributed by atoms with Gasteiger partial charge in [0.15, 0.2) is 5.16 Å². The molecule has 2 aromatic heterocycles. The topological polar surface area (TPSA) is 87.0 Å². The number of rotatable bonds is 7. The van der Waals surface area contributed by atoms with Gasteiger partial charge in [-0.25, -0.2) is 0 Å². The van der Waals surface area contributed by atoms with Gasteiger partial charge in [0, 0.05) is 17.1 Å². The third kappa shape index (κ3) is 4.61. The van der Waals surface area contributed by atoms with E-state index in [1.807, 2.05) is 59.2 Å². The molecule has 4 aromatic rings. The molecule has 0 atom stereocenters. The molecule has 7 nitrogen and oxygen atoms in total. The van der Waals surface area contributed by atoms with Crippen molar-refractivity contribution < 1.29 is 9.34 Å². The van der Waals surface area contributed by atoms with Gasteiger partial charge in [-0.15, -0.1) is 10.2 Å². The van der Waals surface area contributed by atoms with Gasteiger partial charge in [-0.2, -0.15) is 0 Å². The van der Waals surface area contributed by atoms with Crippen LogP contribution in [0.4, 0.5) is 5.88 Å². The number of nitrogens with zero attached hydrogens (tertiary/aromatic N) is 4. The normalized spacial score (nSPS) is 11.2. The number of benzene rings is 2. The van der Waals surface area contributed by atoms with E-state index in [-0.39, 0.29) is 5.88 Å². The lowest BCUT2D eigenvalue weighted by Gasteiger charge is -2.09. The molecule has 2 aromatic carbocycles. The van der Waals surface area contributed by atoms with E-state index >= 15 is 0 Å². The molecule has 0 aliphatic carbocycles. The molecule has 2 heterocycles. The highest BCUT2D eigenvalue weighted by molar-refractivity contribution is 8.02. The first kappa shape index (κ1) is 19.9. The van der Waals surface area contributed by atoms with Crippen LogP contribution in [0, 0.1) is 10.1 Å². The van der Waals surface area contributed by atoms with Crippen molar-refractivity contribution >= 4 is 35.3 Å². The Morgan fingerprint density at radius 1 is 1.07 bits per heavy atom. The minimum Gasteiger partial charge on any atom is -0.401 e. The first-order chi connectivity index (χ1) is 14.6. The molecule has 0 bridgehead atoms. The fourth-order valence-corrected chi connectivity index (χ4v) is 3.66. The third-order valence-corrected chi connectivity index (χ3v) is 5.19. The number of furan rings is 1. The van der Waals surface area contributed by atoms with Crippen LogP contribution in [0.25, 0.3) is 11.8 Å². The van der Waals surface area contributed by atoms with Crippen molar-refractivity contribution in [2.24, 2.45) is 0 Å². The lowest BCUT2D eigenvalue weighted by molar-refractivity contribution is -0.402. The summed E-state index contributed by atoms with van der Waals surface area (Å²) in [7, 11) is 0. The fraction of sp³-hybridized carbons (Fsp3) is 0.0476. The number of hydrogen-bond donors (Lipinski definition) is 0. The predicted molar refractivity (Wildman–Crippen MR) is 116 cm³/mol. The largest absolute Gasteiger partial charge is 0.433 e. The smallest absolute Gasteiger partial charge is 0.401 e. The molecular formula is C21H15ClN4O3S. The maximum Gasteiger partial charge on any atom is 0.433 e. The van der Waals surface area contributed by atoms with E-state index < -0.39 is 4.92 Å². The molecule has 0 amide bonds. The second-order valence-electron chi connectivity index (χ2n) is 6.23. The van der Waals surface area contributed by atoms with E-state index in [2.05, 4.69) is 10.2 Å². The average Bonchev–Trinajstić information content (AvgIpc) is 3.37. The summed E-state index contributed by atoms with van der Waals surface area (Å²) in [6.07, 6.45) is 2.26. The predicted octanol–water partition coefficient (Wildman–Crippen LogP) is 5.78. The molecule has 0 aliphatic heterocycles. The average molecular weight is 439 g/mol. The molecule has 9 heteroatoms. The molecule has 0 spiro atoms. The van der Waals surface area contributed by atoms with Gasteiger partial charge in [0.2, 0.25) is 0 Å². The SMILES string of the molecule is O=[N+]([O-])c1ccc(/C=C/Sc2nnc(Cc3ccccc3)n2-c2ccc(Cl)cc2)o1. The molecule has 0 aliphatic rings. The van der Waals surface area contributed by atoms with Gasteiger partial charge < -0.3 is 4.42 Å². The van der Waals surface area contributed by atoms with Crippen molar-refractivity contribution in [3.8, 4) is 5.69 Å². The van der Waals surface area contributed by atoms with Crippen molar-refractivity contribution in [3.63, 3.8) is 0 Å². The monoisotopic (exact) mass is 438 g/mol. The van der Waals surface area contributed by atoms with Gasteiger partial charge >= 0.3 is 5.88 Å². The summed E-state index contributed by atoms with van der Waals surface area (Å²) in [4.78, 5) is 10.2. The van der Waals surface area contributed by atoms with Crippen LogP contribution < -0.4 is 0 Å². The van der Waals surface area contributed by atoms with Crippen molar-refractivity contribution in [2.75, 3.05) is 0 Å². The summed E-state index contributed by atoms with van der Waals surface area (Å²) < 4.78 is 7.10. The molecule has 4 rings (SSSR count). The molecule has 0 fully saturated rings.